The van der Waals surface area contributed by atoms with Gasteiger partial charge in [0.25, 0.3) is 5.56 Å². The molecule has 0 radical (unpaired) electrons. The summed E-state index contributed by atoms with van der Waals surface area (Å²) in [6.45, 7) is 1.25. The highest BCUT2D eigenvalue weighted by molar-refractivity contribution is 5.89. The van der Waals surface area contributed by atoms with Gasteiger partial charge in [0.15, 0.2) is 11.6 Å². The van der Waals surface area contributed by atoms with Crippen LogP contribution in [0.2, 0.25) is 0 Å². The Morgan fingerprint density at radius 2 is 1.74 bits per heavy atom. The molecule has 0 spiro atoms. The van der Waals surface area contributed by atoms with Gasteiger partial charge in [-0.3, -0.25) is 23.5 Å². The first-order valence-electron chi connectivity index (χ1n) is 9.46. The first-order valence-corrected chi connectivity index (χ1v) is 9.46. The quantitative estimate of drug-likeness (QED) is 0.611. The molecule has 31 heavy (non-hydrogen) atoms. The fourth-order valence-corrected chi connectivity index (χ4v) is 3.29. The summed E-state index contributed by atoms with van der Waals surface area (Å²) in [4.78, 5) is 50.3. The van der Waals surface area contributed by atoms with Crippen molar-refractivity contribution in [3.05, 3.63) is 80.5 Å². The van der Waals surface area contributed by atoms with Gasteiger partial charge in [-0.15, -0.1) is 0 Å². The SMILES string of the molecule is CCn1c(=O)c2ccccc2n(CC(=O)NC(C(=O)NC)c2ccc(F)c(F)c2)c1=O. The average Bonchev–Trinajstić information content (AvgIpc) is 2.77. The highest BCUT2D eigenvalue weighted by Gasteiger charge is 2.24. The molecule has 8 nitrogen and oxygen atoms in total. The molecule has 0 aliphatic carbocycles. The molecule has 3 rings (SSSR count). The fourth-order valence-electron chi connectivity index (χ4n) is 3.29. The molecular weight excluding hydrogens is 410 g/mol. The molecule has 2 N–H and O–H groups in total. The summed E-state index contributed by atoms with van der Waals surface area (Å²) >= 11 is 0. The lowest BCUT2D eigenvalue weighted by Gasteiger charge is -2.19. The summed E-state index contributed by atoms with van der Waals surface area (Å²) in [5, 5.41) is 5.05. The van der Waals surface area contributed by atoms with Crippen LogP contribution < -0.4 is 21.9 Å². The molecule has 1 unspecified atom stereocenters. The maximum absolute atomic E-state index is 13.6. The predicted octanol–water partition coefficient (Wildman–Crippen LogP) is 1.06. The van der Waals surface area contributed by atoms with E-state index in [0.29, 0.717) is 0 Å². The van der Waals surface area contributed by atoms with Gasteiger partial charge in [-0.2, -0.15) is 0 Å². The van der Waals surface area contributed by atoms with Crippen LogP contribution in [0.1, 0.15) is 18.5 Å². The molecule has 1 atom stereocenters. The van der Waals surface area contributed by atoms with E-state index < -0.39 is 47.3 Å². The van der Waals surface area contributed by atoms with Crippen LogP contribution in [0.15, 0.2) is 52.1 Å². The van der Waals surface area contributed by atoms with E-state index >= 15 is 0 Å². The minimum atomic E-state index is -1.31. The van der Waals surface area contributed by atoms with Crippen molar-refractivity contribution in [1.82, 2.24) is 19.8 Å². The maximum Gasteiger partial charge on any atom is 0.331 e. The highest BCUT2D eigenvalue weighted by atomic mass is 19.2. The van der Waals surface area contributed by atoms with Gasteiger partial charge in [-0.25, -0.2) is 13.6 Å². The molecule has 0 saturated heterocycles. The third kappa shape index (κ3) is 4.23. The normalized spacial score (nSPS) is 11.9. The third-order valence-electron chi connectivity index (χ3n) is 4.84. The van der Waals surface area contributed by atoms with Crippen LogP contribution in [0, 0.1) is 11.6 Å². The van der Waals surface area contributed by atoms with Crippen LogP contribution in [-0.4, -0.2) is 28.0 Å². The Morgan fingerprint density at radius 1 is 1.03 bits per heavy atom. The van der Waals surface area contributed by atoms with E-state index in [0.717, 1.165) is 21.3 Å². The summed E-state index contributed by atoms with van der Waals surface area (Å²) in [6, 6.07) is 7.88. The minimum Gasteiger partial charge on any atom is -0.357 e. The molecule has 162 valence electrons. The van der Waals surface area contributed by atoms with E-state index in [1.165, 1.54) is 19.2 Å². The van der Waals surface area contributed by atoms with Crippen molar-refractivity contribution >= 4 is 22.7 Å². The first kappa shape index (κ1) is 21.9. The van der Waals surface area contributed by atoms with Gasteiger partial charge in [0, 0.05) is 13.6 Å². The minimum absolute atomic E-state index is 0.0299. The Balaban J connectivity index is 1.99. The van der Waals surface area contributed by atoms with E-state index in [9.17, 15) is 28.0 Å². The van der Waals surface area contributed by atoms with Gasteiger partial charge < -0.3 is 10.6 Å². The molecule has 0 fully saturated rings. The second-order valence-electron chi connectivity index (χ2n) is 6.72. The second kappa shape index (κ2) is 8.90. The molecule has 0 saturated carbocycles. The topological polar surface area (TPSA) is 102 Å². The molecule has 1 heterocycles. The number of hydrogen-bond acceptors (Lipinski definition) is 4. The summed E-state index contributed by atoms with van der Waals surface area (Å²) in [7, 11) is 1.33. The number of carbonyl (C=O) groups is 2. The first-order chi connectivity index (χ1) is 14.8. The van der Waals surface area contributed by atoms with Crippen LogP contribution in [0.25, 0.3) is 10.9 Å². The van der Waals surface area contributed by atoms with Crippen LogP contribution in [0.4, 0.5) is 8.78 Å². The molecule has 3 aromatic rings. The van der Waals surface area contributed by atoms with Crippen LogP contribution >= 0.6 is 0 Å². The largest absolute Gasteiger partial charge is 0.357 e. The summed E-state index contributed by atoms with van der Waals surface area (Å²) in [5.41, 5.74) is -0.848. The summed E-state index contributed by atoms with van der Waals surface area (Å²) in [6.07, 6.45) is 0. The number of rotatable bonds is 6. The molecule has 0 aliphatic heterocycles. The smallest absolute Gasteiger partial charge is 0.331 e. The lowest BCUT2D eigenvalue weighted by atomic mass is 10.1. The second-order valence-corrected chi connectivity index (χ2v) is 6.72. The average molecular weight is 430 g/mol. The predicted molar refractivity (Wildman–Crippen MR) is 109 cm³/mol. The van der Waals surface area contributed by atoms with Crippen molar-refractivity contribution in [1.29, 1.82) is 0 Å². The Kier molecular flexibility index (Phi) is 6.28. The van der Waals surface area contributed by atoms with Gasteiger partial charge in [0.2, 0.25) is 11.8 Å². The van der Waals surface area contributed by atoms with Gasteiger partial charge in [0.1, 0.15) is 12.6 Å². The Morgan fingerprint density at radius 3 is 2.39 bits per heavy atom. The highest BCUT2D eigenvalue weighted by Crippen LogP contribution is 2.17. The number of aromatic nitrogens is 2. The van der Waals surface area contributed by atoms with E-state index in [2.05, 4.69) is 10.6 Å². The zero-order valence-electron chi connectivity index (χ0n) is 16.8. The molecule has 2 amide bonds. The lowest BCUT2D eigenvalue weighted by molar-refractivity contribution is -0.129. The molecule has 1 aromatic heterocycles. The van der Waals surface area contributed by atoms with Gasteiger partial charge in [-0.1, -0.05) is 18.2 Å². The van der Waals surface area contributed by atoms with Crippen molar-refractivity contribution in [3.63, 3.8) is 0 Å². The van der Waals surface area contributed by atoms with Crippen LogP contribution in [-0.2, 0) is 22.7 Å². The number of fused-ring (bicyclic) bond motifs is 1. The lowest BCUT2D eigenvalue weighted by Crippen LogP contribution is -2.44. The Labute approximate surface area is 175 Å². The van der Waals surface area contributed by atoms with E-state index in [-0.39, 0.29) is 23.0 Å². The van der Waals surface area contributed by atoms with Crippen LogP contribution in [0.3, 0.4) is 0 Å². The molecule has 2 aromatic carbocycles. The number of halogens is 2. The third-order valence-corrected chi connectivity index (χ3v) is 4.84. The standard InChI is InChI=1S/C21H20F2N4O4/c1-3-26-20(30)13-6-4-5-7-16(13)27(21(26)31)11-17(28)25-18(19(29)24-2)12-8-9-14(22)15(23)10-12/h4-10,18H,3,11H2,1-2H3,(H,24,29)(H,25,28). The van der Waals surface area contributed by atoms with Gasteiger partial charge in [-0.05, 0) is 36.8 Å². The van der Waals surface area contributed by atoms with E-state index in [1.54, 1.807) is 25.1 Å². The van der Waals surface area contributed by atoms with E-state index in [1.807, 2.05) is 0 Å². The number of nitrogens with zero attached hydrogens (tertiary/aromatic N) is 2. The molecule has 10 heteroatoms. The molecular formula is C21H20F2N4O4. The molecule has 0 bridgehead atoms. The van der Waals surface area contributed by atoms with Crippen molar-refractivity contribution in [3.8, 4) is 0 Å². The number of carbonyl (C=O) groups excluding carboxylic acids is 2. The number of hydrogen-bond donors (Lipinski definition) is 2. The van der Waals surface area contributed by atoms with E-state index in [4.69, 9.17) is 0 Å². The van der Waals surface area contributed by atoms with Gasteiger partial charge in [0.05, 0.1) is 10.9 Å². The number of likely N-dealkylation sites (N-methyl/N-ethyl adjacent to an activating group) is 1. The van der Waals surface area contributed by atoms with Crippen molar-refractivity contribution in [2.45, 2.75) is 26.1 Å². The zero-order valence-corrected chi connectivity index (χ0v) is 16.8. The number of amides is 2. The Bertz CT molecular complexity index is 1280. The molecule has 0 aliphatic rings. The number of benzene rings is 2. The maximum atomic E-state index is 13.6. The summed E-state index contributed by atoms with van der Waals surface area (Å²) in [5.74, 6) is -3.65. The van der Waals surface area contributed by atoms with Gasteiger partial charge >= 0.3 is 5.69 Å². The Hall–Kier alpha value is -3.82. The van der Waals surface area contributed by atoms with Crippen molar-refractivity contribution in [2.24, 2.45) is 0 Å². The monoisotopic (exact) mass is 430 g/mol. The number of nitrogens with one attached hydrogen (secondary N) is 2. The fraction of sp³-hybridized carbons (Fsp3) is 0.238. The summed E-state index contributed by atoms with van der Waals surface area (Å²) < 4.78 is 29.0. The number of para-hydroxylation sites is 1. The zero-order chi connectivity index (χ0) is 22.7. The van der Waals surface area contributed by atoms with Crippen molar-refractivity contribution < 1.29 is 18.4 Å². The van der Waals surface area contributed by atoms with Crippen LogP contribution in [0.5, 0.6) is 0 Å². The van der Waals surface area contributed by atoms with Crippen molar-refractivity contribution in [2.75, 3.05) is 7.05 Å².